The van der Waals surface area contributed by atoms with Crippen LogP contribution in [-0.4, -0.2) is 37.1 Å². The molecule has 0 saturated carbocycles. The molecule has 0 N–H and O–H groups in total. The van der Waals surface area contributed by atoms with E-state index in [1.54, 1.807) is 47.4 Å². The van der Waals surface area contributed by atoms with Crippen molar-refractivity contribution in [3.63, 3.8) is 0 Å². The molecule has 0 spiro atoms. The molecule has 1 saturated heterocycles. The number of carbonyl (C=O) groups is 1. The van der Waals surface area contributed by atoms with Crippen LogP contribution in [0.15, 0.2) is 54.6 Å². The SMILES string of the molecule is O=C(Cc1ccc2c(c1)OC(c1cc(Cl)cc(Cl)c1)(c1cc(Cl)cc(Cl)c1)O2)N1CCOCC1. The summed E-state index contributed by atoms with van der Waals surface area (Å²) in [6.07, 6.45) is 0.246. The largest absolute Gasteiger partial charge is 0.440 e. The zero-order valence-electron chi connectivity index (χ0n) is 17.8. The minimum atomic E-state index is -1.42. The maximum absolute atomic E-state index is 12.7. The second-order valence-electron chi connectivity index (χ2n) is 8.09. The van der Waals surface area contributed by atoms with Crippen LogP contribution in [0.25, 0.3) is 0 Å². The molecule has 0 aliphatic carbocycles. The number of nitrogens with zero attached hydrogens (tertiary/aromatic N) is 1. The molecule has 0 atom stereocenters. The van der Waals surface area contributed by atoms with Crippen molar-refractivity contribution in [2.75, 3.05) is 26.3 Å². The molecule has 1 amide bonds. The third-order valence-corrected chi connectivity index (χ3v) is 6.59. The first-order valence-electron chi connectivity index (χ1n) is 10.6. The first-order chi connectivity index (χ1) is 16.3. The van der Waals surface area contributed by atoms with E-state index in [0.29, 0.717) is 69.0 Å². The van der Waals surface area contributed by atoms with Crippen LogP contribution in [0, 0.1) is 0 Å². The van der Waals surface area contributed by atoms with Gasteiger partial charge in [-0.2, -0.15) is 0 Å². The van der Waals surface area contributed by atoms with Gasteiger partial charge in [0, 0.05) is 44.3 Å². The molecule has 5 nitrogen and oxygen atoms in total. The number of morpholine rings is 1. The molecule has 0 radical (unpaired) electrons. The van der Waals surface area contributed by atoms with Gasteiger partial charge in [-0.1, -0.05) is 52.5 Å². The molecular weight excluding hydrogens is 520 g/mol. The molecule has 176 valence electrons. The van der Waals surface area contributed by atoms with E-state index in [1.807, 2.05) is 12.1 Å². The minimum absolute atomic E-state index is 0.0386. The van der Waals surface area contributed by atoms with Gasteiger partial charge in [0.25, 0.3) is 0 Å². The molecule has 3 aromatic carbocycles. The lowest BCUT2D eigenvalue weighted by atomic mass is 9.97. The predicted octanol–water partition coefficient (Wildman–Crippen LogP) is 6.37. The first-order valence-corrected chi connectivity index (χ1v) is 12.1. The van der Waals surface area contributed by atoms with E-state index in [-0.39, 0.29) is 12.3 Å². The number of carbonyl (C=O) groups excluding carboxylic acids is 1. The summed E-state index contributed by atoms with van der Waals surface area (Å²) in [7, 11) is 0. The van der Waals surface area contributed by atoms with Crippen LogP contribution in [0.3, 0.4) is 0 Å². The normalized spacial score (nSPS) is 16.5. The highest BCUT2D eigenvalue weighted by Gasteiger charge is 2.46. The highest BCUT2D eigenvalue weighted by atomic mass is 35.5. The van der Waals surface area contributed by atoms with Crippen molar-refractivity contribution in [1.82, 2.24) is 4.90 Å². The Labute approximate surface area is 217 Å². The maximum Gasteiger partial charge on any atom is 0.305 e. The van der Waals surface area contributed by atoms with Crippen LogP contribution in [0.2, 0.25) is 20.1 Å². The number of rotatable bonds is 4. The number of halogens is 4. The fourth-order valence-corrected chi connectivity index (χ4v) is 5.20. The van der Waals surface area contributed by atoms with E-state index in [4.69, 9.17) is 60.6 Å². The summed E-state index contributed by atoms with van der Waals surface area (Å²) in [5.41, 5.74) is 1.96. The monoisotopic (exact) mass is 537 g/mol. The molecule has 9 heteroatoms. The quantitative estimate of drug-likeness (QED) is 0.387. The highest BCUT2D eigenvalue weighted by molar-refractivity contribution is 6.35. The van der Waals surface area contributed by atoms with Gasteiger partial charge in [0.1, 0.15) is 0 Å². The number of hydrogen-bond acceptors (Lipinski definition) is 4. The fraction of sp³-hybridized carbons (Fsp3) is 0.240. The molecule has 0 bridgehead atoms. The number of benzene rings is 3. The van der Waals surface area contributed by atoms with Gasteiger partial charge in [-0.25, -0.2) is 0 Å². The number of ether oxygens (including phenoxy) is 3. The summed E-state index contributed by atoms with van der Waals surface area (Å²) in [4.78, 5) is 14.5. The van der Waals surface area contributed by atoms with Crippen molar-refractivity contribution in [1.29, 1.82) is 0 Å². The Morgan fingerprint density at radius 2 is 1.29 bits per heavy atom. The van der Waals surface area contributed by atoms with Crippen molar-refractivity contribution in [3.8, 4) is 11.5 Å². The standard InChI is InChI=1S/C25H19Cl4NO4/c26-18-9-16(10-19(27)13-18)25(17-11-20(28)14-21(29)12-17)33-22-2-1-15(7-23(22)34-25)8-24(31)30-3-5-32-6-4-30/h1-2,7,9-14H,3-6,8H2. The van der Waals surface area contributed by atoms with Crippen LogP contribution >= 0.6 is 46.4 Å². The number of hydrogen-bond donors (Lipinski definition) is 0. The molecule has 34 heavy (non-hydrogen) atoms. The summed E-state index contributed by atoms with van der Waals surface area (Å²) >= 11 is 25.2. The maximum atomic E-state index is 12.7. The summed E-state index contributed by atoms with van der Waals surface area (Å²) in [6, 6.07) is 15.6. The summed E-state index contributed by atoms with van der Waals surface area (Å²) in [6.45, 7) is 2.30. The van der Waals surface area contributed by atoms with E-state index >= 15 is 0 Å². The van der Waals surface area contributed by atoms with Crippen molar-refractivity contribution < 1.29 is 19.0 Å². The number of fused-ring (bicyclic) bond motifs is 1. The molecular formula is C25H19Cl4NO4. The first kappa shape index (κ1) is 23.6. The lowest BCUT2D eigenvalue weighted by Crippen LogP contribution is -2.41. The van der Waals surface area contributed by atoms with Gasteiger partial charge in [0.2, 0.25) is 5.91 Å². The minimum Gasteiger partial charge on any atom is -0.440 e. The fourth-order valence-electron chi connectivity index (χ4n) is 4.15. The van der Waals surface area contributed by atoms with E-state index in [0.717, 1.165) is 5.56 Å². The van der Waals surface area contributed by atoms with Crippen LogP contribution in [-0.2, 0) is 21.7 Å². The molecule has 2 aliphatic heterocycles. The smallest absolute Gasteiger partial charge is 0.305 e. The van der Waals surface area contributed by atoms with Crippen molar-refractivity contribution in [3.05, 3.63) is 91.4 Å². The molecule has 3 aromatic rings. The Morgan fingerprint density at radius 3 is 1.85 bits per heavy atom. The Morgan fingerprint density at radius 1 is 0.765 bits per heavy atom. The topological polar surface area (TPSA) is 48.0 Å². The Kier molecular flexibility index (Phi) is 6.58. The Bertz CT molecular complexity index is 1170. The van der Waals surface area contributed by atoms with E-state index in [1.165, 1.54) is 0 Å². The molecule has 2 heterocycles. The Balaban J connectivity index is 1.52. The molecule has 1 fully saturated rings. The average Bonchev–Trinajstić information content (AvgIpc) is 3.19. The zero-order valence-corrected chi connectivity index (χ0v) is 20.8. The van der Waals surface area contributed by atoms with Crippen molar-refractivity contribution >= 4 is 52.3 Å². The van der Waals surface area contributed by atoms with Crippen molar-refractivity contribution in [2.24, 2.45) is 0 Å². The lowest BCUT2D eigenvalue weighted by molar-refractivity contribution is -0.134. The third-order valence-electron chi connectivity index (χ3n) is 5.72. The van der Waals surface area contributed by atoms with Crippen LogP contribution in [0.4, 0.5) is 0 Å². The number of amides is 1. The summed E-state index contributed by atoms with van der Waals surface area (Å²) in [5, 5.41) is 1.70. The van der Waals surface area contributed by atoms with E-state index < -0.39 is 5.79 Å². The average molecular weight is 539 g/mol. The lowest BCUT2D eigenvalue weighted by Gasteiger charge is -2.29. The predicted molar refractivity (Wildman–Crippen MR) is 133 cm³/mol. The van der Waals surface area contributed by atoms with Crippen LogP contribution < -0.4 is 9.47 Å². The van der Waals surface area contributed by atoms with Gasteiger partial charge < -0.3 is 19.1 Å². The molecule has 0 aromatic heterocycles. The van der Waals surface area contributed by atoms with Crippen LogP contribution in [0.1, 0.15) is 16.7 Å². The van der Waals surface area contributed by atoms with Crippen molar-refractivity contribution in [2.45, 2.75) is 12.2 Å². The second-order valence-corrected chi connectivity index (χ2v) is 9.83. The zero-order chi connectivity index (χ0) is 23.9. The van der Waals surface area contributed by atoms with Gasteiger partial charge in [-0.05, 0) is 54.1 Å². The van der Waals surface area contributed by atoms with Crippen LogP contribution in [0.5, 0.6) is 11.5 Å². The van der Waals surface area contributed by atoms with E-state index in [9.17, 15) is 4.79 Å². The van der Waals surface area contributed by atoms with E-state index in [2.05, 4.69) is 0 Å². The van der Waals surface area contributed by atoms with Gasteiger partial charge in [0.15, 0.2) is 11.5 Å². The summed E-state index contributed by atoms with van der Waals surface area (Å²) < 4.78 is 18.2. The van der Waals surface area contributed by atoms with Gasteiger partial charge in [-0.3, -0.25) is 4.79 Å². The molecule has 2 aliphatic rings. The van der Waals surface area contributed by atoms with Gasteiger partial charge in [-0.15, -0.1) is 0 Å². The summed E-state index contributed by atoms with van der Waals surface area (Å²) in [5.74, 6) is -0.385. The second kappa shape index (κ2) is 9.48. The molecule has 5 rings (SSSR count). The van der Waals surface area contributed by atoms with Gasteiger partial charge in [0.05, 0.1) is 19.6 Å². The third kappa shape index (κ3) is 4.68. The van der Waals surface area contributed by atoms with Gasteiger partial charge >= 0.3 is 5.79 Å². The highest BCUT2D eigenvalue weighted by Crippen LogP contribution is 2.49. The Hall–Kier alpha value is -2.15. The molecule has 0 unspecified atom stereocenters.